The summed E-state index contributed by atoms with van der Waals surface area (Å²) in [5.41, 5.74) is 6.83. The highest BCUT2D eigenvalue weighted by Crippen LogP contribution is 2.28. The zero-order chi connectivity index (χ0) is 15.4. The quantitative estimate of drug-likeness (QED) is 0.763. The van der Waals surface area contributed by atoms with Crippen LogP contribution in [0.3, 0.4) is 0 Å². The normalized spacial score (nSPS) is 10.2. The molecular formula is C14H11BrCl2N2O2. The fourth-order valence-electron chi connectivity index (χ4n) is 1.55. The molecule has 110 valence electrons. The molecule has 0 unspecified atom stereocenters. The molecule has 2 aromatic carbocycles. The standard InChI is InChI=1S/C14H11BrCl2N2O2/c15-10-6-9(18)2-4-12(10)19-14(20)7-21-13-5-8(16)1-3-11(13)17/h1-6H,7,18H2,(H,19,20). The fraction of sp³-hybridized carbons (Fsp3) is 0.0714. The predicted molar refractivity (Wildman–Crippen MR) is 89.1 cm³/mol. The summed E-state index contributed by atoms with van der Waals surface area (Å²) in [7, 11) is 0. The van der Waals surface area contributed by atoms with Gasteiger partial charge in [-0.2, -0.15) is 0 Å². The van der Waals surface area contributed by atoms with Gasteiger partial charge in [0.15, 0.2) is 6.61 Å². The van der Waals surface area contributed by atoms with Crippen molar-refractivity contribution in [2.45, 2.75) is 0 Å². The minimum atomic E-state index is -0.323. The lowest BCUT2D eigenvalue weighted by Crippen LogP contribution is -2.20. The summed E-state index contributed by atoms with van der Waals surface area (Å²) in [6, 6.07) is 9.88. The molecule has 0 bridgehead atoms. The SMILES string of the molecule is Nc1ccc(NC(=O)COc2cc(Cl)ccc2Cl)c(Br)c1. The maximum absolute atomic E-state index is 11.9. The highest BCUT2D eigenvalue weighted by atomic mass is 79.9. The Balaban J connectivity index is 1.97. The Morgan fingerprint density at radius 2 is 2.00 bits per heavy atom. The molecule has 4 nitrogen and oxygen atoms in total. The molecule has 0 fully saturated rings. The predicted octanol–water partition coefficient (Wildman–Crippen LogP) is 4.36. The molecule has 0 spiro atoms. The minimum Gasteiger partial charge on any atom is -0.482 e. The molecule has 2 rings (SSSR count). The lowest BCUT2D eigenvalue weighted by Gasteiger charge is -2.10. The van der Waals surface area contributed by atoms with Crippen molar-refractivity contribution in [2.24, 2.45) is 0 Å². The summed E-state index contributed by atoms with van der Waals surface area (Å²) in [5.74, 6) is 0.0344. The Morgan fingerprint density at radius 3 is 2.71 bits per heavy atom. The number of hydrogen-bond donors (Lipinski definition) is 2. The number of nitrogens with one attached hydrogen (secondary N) is 1. The van der Waals surface area contributed by atoms with Gasteiger partial charge in [0.2, 0.25) is 0 Å². The first kappa shape index (κ1) is 15.9. The highest BCUT2D eigenvalue weighted by Gasteiger charge is 2.09. The Kier molecular flexibility index (Phi) is 5.33. The van der Waals surface area contributed by atoms with Gasteiger partial charge >= 0.3 is 0 Å². The van der Waals surface area contributed by atoms with Gasteiger partial charge in [-0.1, -0.05) is 23.2 Å². The Hall–Kier alpha value is -1.43. The average Bonchev–Trinajstić information content (AvgIpc) is 2.43. The molecule has 0 heterocycles. The maximum Gasteiger partial charge on any atom is 0.262 e. The summed E-state index contributed by atoms with van der Waals surface area (Å²) in [6.07, 6.45) is 0. The summed E-state index contributed by atoms with van der Waals surface area (Å²) in [5, 5.41) is 3.57. The molecular weight excluding hydrogens is 379 g/mol. The van der Waals surface area contributed by atoms with Gasteiger partial charge in [0.1, 0.15) is 5.75 Å². The number of halogens is 3. The van der Waals surface area contributed by atoms with Crippen LogP contribution in [0.25, 0.3) is 0 Å². The van der Waals surface area contributed by atoms with Crippen molar-refractivity contribution in [3.63, 3.8) is 0 Å². The van der Waals surface area contributed by atoms with Gasteiger partial charge in [-0.25, -0.2) is 0 Å². The Morgan fingerprint density at radius 1 is 1.24 bits per heavy atom. The second-order valence-electron chi connectivity index (χ2n) is 4.15. The molecule has 3 N–H and O–H groups in total. The van der Waals surface area contributed by atoms with Crippen molar-refractivity contribution < 1.29 is 9.53 Å². The molecule has 7 heteroatoms. The van der Waals surface area contributed by atoms with Crippen molar-refractivity contribution in [2.75, 3.05) is 17.7 Å². The topological polar surface area (TPSA) is 64.3 Å². The van der Waals surface area contributed by atoms with Crippen molar-refractivity contribution in [3.05, 3.63) is 50.9 Å². The van der Waals surface area contributed by atoms with E-state index in [-0.39, 0.29) is 12.5 Å². The monoisotopic (exact) mass is 388 g/mol. The third-order valence-electron chi connectivity index (χ3n) is 2.52. The van der Waals surface area contributed by atoms with E-state index in [4.69, 9.17) is 33.7 Å². The molecule has 1 amide bonds. The van der Waals surface area contributed by atoms with Crippen LogP contribution in [0.5, 0.6) is 5.75 Å². The van der Waals surface area contributed by atoms with Crippen LogP contribution in [0, 0.1) is 0 Å². The van der Waals surface area contributed by atoms with E-state index in [1.54, 1.807) is 36.4 Å². The van der Waals surface area contributed by atoms with Crippen LogP contribution in [0.1, 0.15) is 0 Å². The largest absolute Gasteiger partial charge is 0.482 e. The number of nitrogens with two attached hydrogens (primary N) is 1. The van der Waals surface area contributed by atoms with Gasteiger partial charge in [0, 0.05) is 21.2 Å². The van der Waals surface area contributed by atoms with Gasteiger partial charge in [-0.05, 0) is 46.3 Å². The molecule has 2 aromatic rings. The zero-order valence-electron chi connectivity index (χ0n) is 10.7. The van der Waals surface area contributed by atoms with E-state index in [0.29, 0.717) is 31.6 Å². The molecule has 0 aliphatic heterocycles. The second-order valence-corrected chi connectivity index (χ2v) is 5.85. The van der Waals surface area contributed by atoms with Crippen LogP contribution in [-0.4, -0.2) is 12.5 Å². The van der Waals surface area contributed by atoms with E-state index in [1.807, 2.05) is 0 Å². The van der Waals surface area contributed by atoms with Crippen molar-refractivity contribution in [1.82, 2.24) is 0 Å². The van der Waals surface area contributed by atoms with Gasteiger partial charge in [-0.3, -0.25) is 4.79 Å². The minimum absolute atomic E-state index is 0.184. The molecule has 0 aromatic heterocycles. The van der Waals surface area contributed by atoms with Crippen LogP contribution >= 0.6 is 39.1 Å². The summed E-state index contributed by atoms with van der Waals surface area (Å²) >= 11 is 15.1. The number of carbonyl (C=O) groups is 1. The van der Waals surface area contributed by atoms with Crippen LogP contribution < -0.4 is 15.8 Å². The van der Waals surface area contributed by atoms with Gasteiger partial charge in [0.25, 0.3) is 5.91 Å². The number of hydrogen-bond acceptors (Lipinski definition) is 3. The van der Waals surface area contributed by atoms with Crippen LogP contribution in [-0.2, 0) is 4.79 Å². The lowest BCUT2D eigenvalue weighted by molar-refractivity contribution is -0.118. The van der Waals surface area contributed by atoms with E-state index in [2.05, 4.69) is 21.2 Å². The number of rotatable bonds is 4. The average molecular weight is 390 g/mol. The number of amides is 1. The van der Waals surface area contributed by atoms with Crippen LogP contribution in [0.2, 0.25) is 10.0 Å². The molecule has 21 heavy (non-hydrogen) atoms. The van der Waals surface area contributed by atoms with Gasteiger partial charge in [-0.15, -0.1) is 0 Å². The first-order valence-electron chi connectivity index (χ1n) is 5.88. The van der Waals surface area contributed by atoms with E-state index >= 15 is 0 Å². The van der Waals surface area contributed by atoms with Gasteiger partial charge < -0.3 is 15.8 Å². The molecule has 0 saturated heterocycles. The number of ether oxygens (including phenoxy) is 1. The van der Waals surface area contributed by atoms with Crippen molar-refractivity contribution in [3.8, 4) is 5.75 Å². The fourth-order valence-corrected chi connectivity index (χ4v) is 2.38. The Labute approximate surface area is 140 Å². The first-order valence-corrected chi connectivity index (χ1v) is 7.43. The summed E-state index contributed by atoms with van der Waals surface area (Å²) < 4.78 is 6.04. The maximum atomic E-state index is 11.9. The molecule has 0 radical (unpaired) electrons. The summed E-state index contributed by atoms with van der Waals surface area (Å²) in [4.78, 5) is 11.9. The van der Waals surface area contributed by atoms with E-state index in [0.717, 1.165) is 0 Å². The summed E-state index contributed by atoms with van der Waals surface area (Å²) in [6.45, 7) is -0.184. The zero-order valence-corrected chi connectivity index (χ0v) is 13.8. The van der Waals surface area contributed by atoms with E-state index in [9.17, 15) is 4.79 Å². The smallest absolute Gasteiger partial charge is 0.262 e. The van der Waals surface area contributed by atoms with Crippen LogP contribution in [0.15, 0.2) is 40.9 Å². The molecule has 0 aliphatic rings. The third-order valence-corrected chi connectivity index (χ3v) is 3.72. The number of benzene rings is 2. The van der Waals surface area contributed by atoms with E-state index in [1.165, 1.54) is 0 Å². The van der Waals surface area contributed by atoms with Gasteiger partial charge in [0.05, 0.1) is 10.7 Å². The number of anilines is 2. The lowest BCUT2D eigenvalue weighted by atomic mass is 10.3. The third kappa shape index (κ3) is 4.52. The number of carbonyl (C=O) groups excluding carboxylic acids is 1. The molecule has 0 atom stereocenters. The van der Waals surface area contributed by atoms with E-state index < -0.39 is 0 Å². The molecule has 0 saturated carbocycles. The highest BCUT2D eigenvalue weighted by molar-refractivity contribution is 9.10. The van der Waals surface area contributed by atoms with Crippen LogP contribution in [0.4, 0.5) is 11.4 Å². The van der Waals surface area contributed by atoms with Crippen molar-refractivity contribution in [1.29, 1.82) is 0 Å². The molecule has 0 aliphatic carbocycles. The first-order chi connectivity index (χ1) is 9.95. The number of nitrogen functional groups attached to an aromatic ring is 1. The second kappa shape index (κ2) is 7.02. The Bertz CT molecular complexity index is 680. The van der Waals surface area contributed by atoms with Crippen molar-refractivity contribution >= 4 is 56.4 Å².